The molecule has 2 aromatic carbocycles. The van der Waals surface area contributed by atoms with Crippen LogP contribution in [-0.2, 0) is 16.1 Å². The third-order valence-corrected chi connectivity index (χ3v) is 6.51. The molecule has 2 amide bonds. The van der Waals surface area contributed by atoms with E-state index in [0.717, 1.165) is 10.0 Å². The van der Waals surface area contributed by atoms with Crippen LogP contribution in [0.3, 0.4) is 0 Å². The normalized spacial score (nSPS) is 12.1. The lowest BCUT2D eigenvalue weighted by molar-refractivity contribution is -0.143. The average molecular weight is 558 g/mol. The molecule has 1 atom stereocenters. The Morgan fingerprint density at radius 2 is 1.73 bits per heavy atom. The summed E-state index contributed by atoms with van der Waals surface area (Å²) in [6.07, 6.45) is 0.430. The Kier molecular flexibility index (Phi) is 10.5. The summed E-state index contributed by atoms with van der Waals surface area (Å²) in [5.41, 5.74) is 1.75. The number of benzene rings is 2. The molecule has 0 heterocycles. The van der Waals surface area contributed by atoms with E-state index < -0.39 is 6.04 Å². The summed E-state index contributed by atoms with van der Waals surface area (Å²) in [4.78, 5) is 27.7. The smallest absolute Gasteiger partial charge is 0.261 e. The van der Waals surface area contributed by atoms with Crippen LogP contribution >= 0.6 is 39.1 Å². The highest BCUT2D eigenvalue weighted by atomic mass is 79.9. The second-order valence-corrected chi connectivity index (χ2v) is 10.1. The highest BCUT2D eigenvalue weighted by molar-refractivity contribution is 9.10. The van der Waals surface area contributed by atoms with Gasteiger partial charge in [0.25, 0.3) is 5.91 Å². The van der Waals surface area contributed by atoms with Gasteiger partial charge in [-0.3, -0.25) is 9.59 Å². The first-order valence-electron chi connectivity index (χ1n) is 11.0. The lowest BCUT2D eigenvalue weighted by Crippen LogP contribution is -2.51. The van der Waals surface area contributed by atoms with Gasteiger partial charge in [-0.2, -0.15) is 0 Å². The molecule has 2 aromatic rings. The molecule has 0 radical (unpaired) electrons. The Bertz CT molecular complexity index is 962. The number of amides is 2. The number of halogens is 3. The molecule has 0 saturated heterocycles. The van der Waals surface area contributed by atoms with Crippen molar-refractivity contribution in [2.24, 2.45) is 0 Å². The van der Waals surface area contributed by atoms with E-state index in [1.54, 1.807) is 18.2 Å². The van der Waals surface area contributed by atoms with E-state index >= 15 is 0 Å². The molecule has 2 rings (SSSR count). The number of nitrogens with one attached hydrogen (secondary N) is 1. The second-order valence-electron chi connectivity index (χ2n) is 8.44. The maximum atomic E-state index is 13.3. The standard InChI is InChI=1S/C25H31BrCl2N2O3/c1-6-22(25(32)29-16(4)5)30(13-18-20(27)8-7-9-21(18)28)24(31)14-33-23-11-10-17(15(2)3)12-19(23)26/h7-12,15-16,22H,6,13-14H2,1-5H3,(H,29,32)/t22-/m1/s1. The monoisotopic (exact) mass is 556 g/mol. The molecule has 5 nitrogen and oxygen atoms in total. The quantitative estimate of drug-likeness (QED) is 0.358. The Hall–Kier alpha value is -1.76. The summed E-state index contributed by atoms with van der Waals surface area (Å²) in [5, 5.41) is 3.77. The van der Waals surface area contributed by atoms with Crippen LogP contribution in [0.4, 0.5) is 0 Å². The summed E-state index contributed by atoms with van der Waals surface area (Å²) in [6.45, 7) is 9.70. The van der Waals surface area contributed by atoms with Crippen molar-refractivity contribution in [1.82, 2.24) is 10.2 Å². The van der Waals surface area contributed by atoms with Crippen LogP contribution in [-0.4, -0.2) is 35.4 Å². The van der Waals surface area contributed by atoms with Gasteiger partial charge in [-0.05, 0) is 71.9 Å². The topological polar surface area (TPSA) is 58.6 Å². The van der Waals surface area contributed by atoms with E-state index in [-0.39, 0.29) is 31.0 Å². The number of rotatable bonds is 10. The van der Waals surface area contributed by atoms with Gasteiger partial charge in [-0.1, -0.05) is 56.1 Å². The van der Waals surface area contributed by atoms with E-state index in [1.807, 2.05) is 39.0 Å². The maximum absolute atomic E-state index is 13.3. The van der Waals surface area contributed by atoms with Gasteiger partial charge in [0.1, 0.15) is 11.8 Å². The zero-order valence-corrected chi connectivity index (χ0v) is 22.7. The fourth-order valence-electron chi connectivity index (χ4n) is 3.37. The van der Waals surface area contributed by atoms with Crippen molar-refractivity contribution in [2.75, 3.05) is 6.61 Å². The first-order chi connectivity index (χ1) is 15.5. The van der Waals surface area contributed by atoms with Gasteiger partial charge in [0, 0.05) is 28.2 Å². The van der Waals surface area contributed by atoms with Gasteiger partial charge in [0.15, 0.2) is 6.61 Å². The van der Waals surface area contributed by atoms with Crippen molar-refractivity contribution in [3.63, 3.8) is 0 Å². The highest BCUT2D eigenvalue weighted by Gasteiger charge is 2.30. The molecule has 180 valence electrons. The summed E-state index contributed by atoms with van der Waals surface area (Å²) >= 11 is 16.2. The maximum Gasteiger partial charge on any atom is 0.261 e. The lowest BCUT2D eigenvalue weighted by Gasteiger charge is -2.31. The van der Waals surface area contributed by atoms with E-state index in [1.165, 1.54) is 4.90 Å². The molecule has 0 saturated carbocycles. The third kappa shape index (κ3) is 7.62. The summed E-state index contributed by atoms with van der Waals surface area (Å²) in [6, 6.07) is 10.2. The Labute approximate surface area is 214 Å². The number of carbonyl (C=O) groups excluding carboxylic acids is 2. The zero-order chi connectivity index (χ0) is 24.7. The summed E-state index contributed by atoms with van der Waals surface area (Å²) in [7, 11) is 0. The molecule has 0 aliphatic carbocycles. The fourth-order valence-corrected chi connectivity index (χ4v) is 4.40. The number of hydrogen-bond donors (Lipinski definition) is 1. The Morgan fingerprint density at radius 1 is 1.09 bits per heavy atom. The molecule has 1 N–H and O–H groups in total. The van der Waals surface area contributed by atoms with Crippen molar-refractivity contribution in [1.29, 1.82) is 0 Å². The fraction of sp³-hybridized carbons (Fsp3) is 0.440. The van der Waals surface area contributed by atoms with Gasteiger partial charge in [-0.15, -0.1) is 0 Å². The molecular weight excluding hydrogens is 527 g/mol. The van der Waals surface area contributed by atoms with E-state index in [9.17, 15) is 9.59 Å². The zero-order valence-electron chi connectivity index (χ0n) is 19.6. The molecule has 0 aliphatic heterocycles. The van der Waals surface area contributed by atoms with Crippen molar-refractivity contribution >= 4 is 50.9 Å². The first-order valence-corrected chi connectivity index (χ1v) is 12.5. The molecule has 33 heavy (non-hydrogen) atoms. The molecule has 0 aliphatic rings. The lowest BCUT2D eigenvalue weighted by atomic mass is 10.0. The molecule has 0 spiro atoms. The minimum Gasteiger partial charge on any atom is -0.483 e. The molecule has 0 fully saturated rings. The first kappa shape index (κ1) is 27.5. The minimum absolute atomic E-state index is 0.0564. The number of nitrogens with zero attached hydrogens (tertiary/aromatic N) is 1. The van der Waals surface area contributed by atoms with Crippen molar-refractivity contribution < 1.29 is 14.3 Å². The van der Waals surface area contributed by atoms with E-state index in [0.29, 0.717) is 33.7 Å². The van der Waals surface area contributed by atoms with Gasteiger partial charge in [0.05, 0.1) is 4.47 Å². The van der Waals surface area contributed by atoms with Crippen LogP contribution in [0, 0.1) is 0 Å². The highest BCUT2D eigenvalue weighted by Crippen LogP contribution is 2.30. The van der Waals surface area contributed by atoms with Gasteiger partial charge in [0.2, 0.25) is 5.91 Å². The predicted octanol–water partition coefficient (Wildman–Crippen LogP) is 6.59. The molecule has 0 bridgehead atoms. The largest absolute Gasteiger partial charge is 0.483 e. The van der Waals surface area contributed by atoms with Crippen molar-refractivity contribution in [3.8, 4) is 5.75 Å². The SMILES string of the molecule is CC[C@H](C(=O)NC(C)C)N(Cc1c(Cl)cccc1Cl)C(=O)COc1ccc(C(C)C)cc1Br. The predicted molar refractivity (Wildman–Crippen MR) is 138 cm³/mol. The van der Waals surface area contributed by atoms with E-state index in [2.05, 4.69) is 35.1 Å². The Balaban J connectivity index is 2.29. The number of carbonyl (C=O) groups is 2. The summed E-state index contributed by atoms with van der Waals surface area (Å²) in [5.74, 6) is 0.365. The third-order valence-electron chi connectivity index (χ3n) is 5.18. The van der Waals surface area contributed by atoms with Crippen molar-refractivity contribution in [3.05, 3.63) is 62.0 Å². The van der Waals surface area contributed by atoms with E-state index in [4.69, 9.17) is 27.9 Å². The molecular formula is C25H31BrCl2N2O3. The van der Waals surface area contributed by atoms with Gasteiger partial charge >= 0.3 is 0 Å². The second kappa shape index (κ2) is 12.6. The van der Waals surface area contributed by atoms with Gasteiger partial charge < -0.3 is 15.0 Å². The summed E-state index contributed by atoms with van der Waals surface area (Å²) < 4.78 is 6.60. The van der Waals surface area contributed by atoms with Crippen LogP contribution in [0.15, 0.2) is 40.9 Å². The van der Waals surface area contributed by atoms with Crippen LogP contribution in [0.2, 0.25) is 10.0 Å². The van der Waals surface area contributed by atoms with Crippen LogP contribution < -0.4 is 10.1 Å². The number of ether oxygens (including phenoxy) is 1. The Morgan fingerprint density at radius 3 is 2.24 bits per heavy atom. The average Bonchev–Trinajstić information content (AvgIpc) is 2.73. The van der Waals surface area contributed by atoms with Crippen LogP contribution in [0.5, 0.6) is 5.75 Å². The molecule has 0 unspecified atom stereocenters. The number of hydrogen-bond acceptors (Lipinski definition) is 3. The minimum atomic E-state index is -0.692. The van der Waals surface area contributed by atoms with Crippen LogP contribution in [0.1, 0.15) is 58.1 Å². The van der Waals surface area contributed by atoms with Crippen LogP contribution in [0.25, 0.3) is 0 Å². The molecule has 0 aromatic heterocycles. The van der Waals surface area contributed by atoms with Gasteiger partial charge in [-0.25, -0.2) is 0 Å². The molecule has 8 heteroatoms. The van der Waals surface area contributed by atoms with Crippen molar-refractivity contribution in [2.45, 2.75) is 65.6 Å².